The summed E-state index contributed by atoms with van der Waals surface area (Å²) in [7, 11) is -1.43. The van der Waals surface area contributed by atoms with E-state index in [0.717, 1.165) is 6.07 Å². The van der Waals surface area contributed by atoms with E-state index >= 15 is 0 Å². The van der Waals surface area contributed by atoms with Crippen LogP contribution in [0.2, 0.25) is 0 Å². The van der Waals surface area contributed by atoms with Gasteiger partial charge < -0.3 is 10.2 Å². The van der Waals surface area contributed by atoms with Crippen molar-refractivity contribution in [2.45, 2.75) is 0 Å². The van der Waals surface area contributed by atoms with E-state index in [1.807, 2.05) is 7.05 Å². The molecule has 0 unspecified atom stereocenters. The minimum absolute atomic E-state index is 0.00399. The molecule has 0 aliphatic carbocycles. The fraction of sp³-hybridized carbons (Fsp3) is 0.500. The van der Waals surface area contributed by atoms with Crippen LogP contribution in [0.5, 0.6) is 0 Å². The maximum atomic E-state index is 13.0. The van der Waals surface area contributed by atoms with Crippen molar-refractivity contribution in [2.75, 3.05) is 45.5 Å². The summed E-state index contributed by atoms with van der Waals surface area (Å²) >= 11 is 0. The zero-order chi connectivity index (χ0) is 16.2. The quantitative estimate of drug-likeness (QED) is 0.834. The molecular weight excluding hydrogens is 309 g/mol. The molecule has 1 aromatic rings. The van der Waals surface area contributed by atoms with E-state index in [2.05, 4.69) is 10.2 Å². The van der Waals surface area contributed by atoms with Crippen molar-refractivity contribution in [1.82, 2.24) is 14.5 Å². The number of sulfonamides is 1. The molecule has 1 aliphatic heterocycles. The van der Waals surface area contributed by atoms with Crippen molar-refractivity contribution >= 4 is 15.9 Å². The van der Waals surface area contributed by atoms with E-state index in [1.165, 1.54) is 22.5 Å². The molecule has 122 valence electrons. The third-order valence-electron chi connectivity index (χ3n) is 3.59. The van der Waals surface area contributed by atoms with Gasteiger partial charge >= 0.3 is 0 Å². The standard InChI is InChI=1S/C14H20FN3O3S/c1-17-6-8-18(9-7-17)22(20,21)10-5-16-14(19)12-3-2-4-13(15)11-12/h2-4,11H,5-10H2,1H3,(H,16,19). The first-order valence-electron chi connectivity index (χ1n) is 7.08. The van der Waals surface area contributed by atoms with Crippen molar-refractivity contribution < 1.29 is 17.6 Å². The van der Waals surface area contributed by atoms with E-state index in [9.17, 15) is 17.6 Å². The van der Waals surface area contributed by atoms with E-state index in [-0.39, 0.29) is 17.9 Å². The highest BCUT2D eigenvalue weighted by Crippen LogP contribution is 2.07. The van der Waals surface area contributed by atoms with E-state index in [1.54, 1.807) is 0 Å². The van der Waals surface area contributed by atoms with Crippen LogP contribution in [0.3, 0.4) is 0 Å². The zero-order valence-electron chi connectivity index (χ0n) is 12.5. The first-order valence-corrected chi connectivity index (χ1v) is 8.69. The van der Waals surface area contributed by atoms with Gasteiger partial charge in [-0.2, -0.15) is 4.31 Å². The Balaban J connectivity index is 1.83. The monoisotopic (exact) mass is 329 g/mol. The largest absolute Gasteiger partial charge is 0.351 e. The van der Waals surface area contributed by atoms with Crippen LogP contribution in [-0.4, -0.2) is 69.1 Å². The highest BCUT2D eigenvalue weighted by Gasteiger charge is 2.25. The first kappa shape index (κ1) is 16.9. The molecular formula is C14H20FN3O3S. The number of carbonyl (C=O) groups is 1. The Morgan fingerprint density at radius 1 is 1.27 bits per heavy atom. The van der Waals surface area contributed by atoms with Gasteiger partial charge in [0.15, 0.2) is 0 Å². The molecule has 6 nitrogen and oxygen atoms in total. The van der Waals surface area contributed by atoms with Crippen molar-refractivity contribution in [3.05, 3.63) is 35.6 Å². The molecule has 1 aromatic carbocycles. The van der Waals surface area contributed by atoms with Gasteiger partial charge in [-0.05, 0) is 25.2 Å². The van der Waals surface area contributed by atoms with Crippen molar-refractivity contribution in [3.8, 4) is 0 Å². The molecule has 1 saturated heterocycles. The molecule has 2 rings (SSSR count). The van der Waals surface area contributed by atoms with Gasteiger partial charge in [-0.1, -0.05) is 6.07 Å². The van der Waals surface area contributed by atoms with Crippen LogP contribution in [0.15, 0.2) is 24.3 Å². The summed E-state index contributed by atoms with van der Waals surface area (Å²) in [6.45, 7) is 2.35. The molecule has 1 N–H and O–H groups in total. The molecule has 0 spiro atoms. The summed E-state index contributed by atoms with van der Waals surface area (Å²) in [6.07, 6.45) is 0. The lowest BCUT2D eigenvalue weighted by atomic mass is 10.2. The minimum Gasteiger partial charge on any atom is -0.351 e. The average molecular weight is 329 g/mol. The molecule has 0 saturated carbocycles. The number of benzene rings is 1. The lowest BCUT2D eigenvalue weighted by Gasteiger charge is -2.31. The van der Waals surface area contributed by atoms with Gasteiger partial charge in [0.25, 0.3) is 5.91 Å². The molecule has 8 heteroatoms. The summed E-state index contributed by atoms with van der Waals surface area (Å²) in [5, 5.41) is 2.51. The number of carbonyl (C=O) groups excluding carboxylic acids is 1. The number of piperazine rings is 1. The third kappa shape index (κ3) is 4.49. The second-order valence-electron chi connectivity index (χ2n) is 5.28. The van der Waals surface area contributed by atoms with Crippen molar-refractivity contribution in [3.63, 3.8) is 0 Å². The Morgan fingerprint density at radius 2 is 1.95 bits per heavy atom. The average Bonchev–Trinajstić information content (AvgIpc) is 2.47. The van der Waals surface area contributed by atoms with Crippen molar-refractivity contribution in [2.24, 2.45) is 0 Å². The summed E-state index contributed by atoms with van der Waals surface area (Å²) in [4.78, 5) is 13.9. The molecule has 1 heterocycles. The summed E-state index contributed by atoms with van der Waals surface area (Å²) < 4.78 is 38.8. The van der Waals surface area contributed by atoms with E-state index < -0.39 is 21.7 Å². The van der Waals surface area contributed by atoms with Gasteiger partial charge in [-0.25, -0.2) is 12.8 Å². The van der Waals surface area contributed by atoms with Gasteiger partial charge in [0.2, 0.25) is 10.0 Å². The lowest BCUT2D eigenvalue weighted by molar-refractivity contribution is 0.0955. The highest BCUT2D eigenvalue weighted by molar-refractivity contribution is 7.89. The Hall–Kier alpha value is -1.51. The van der Waals surface area contributed by atoms with Gasteiger partial charge in [-0.3, -0.25) is 4.79 Å². The molecule has 0 radical (unpaired) electrons. The van der Waals surface area contributed by atoms with E-state index in [4.69, 9.17) is 0 Å². The Morgan fingerprint density at radius 3 is 2.59 bits per heavy atom. The molecule has 1 fully saturated rings. The molecule has 0 atom stereocenters. The van der Waals surface area contributed by atoms with Gasteiger partial charge in [0.1, 0.15) is 5.82 Å². The maximum absolute atomic E-state index is 13.0. The van der Waals surface area contributed by atoms with Gasteiger partial charge in [0, 0.05) is 38.3 Å². The number of rotatable bonds is 5. The van der Waals surface area contributed by atoms with Crippen LogP contribution >= 0.6 is 0 Å². The molecule has 22 heavy (non-hydrogen) atoms. The van der Waals surface area contributed by atoms with Gasteiger partial charge in [0.05, 0.1) is 5.75 Å². The number of nitrogens with zero attached hydrogens (tertiary/aromatic N) is 2. The second kappa shape index (κ2) is 7.17. The molecule has 1 amide bonds. The number of hydrogen-bond acceptors (Lipinski definition) is 4. The summed E-state index contributed by atoms with van der Waals surface area (Å²) in [5.74, 6) is -1.14. The van der Waals surface area contributed by atoms with Crippen LogP contribution in [0, 0.1) is 5.82 Å². The number of nitrogens with one attached hydrogen (secondary N) is 1. The number of likely N-dealkylation sites (N-methyl/N-ethyl adjacent to an activating group) is 1. The smallest absolute Gasteiger partial charge is 0.251 e. The maximum Gasteiger partial charge on any atom is 0.251 e. The Kier molecular flexibility index (Phi) is 5.49. The Labute approximate surface area is 130 Å². The summed E-state index contributed by atoms with van der Waals surface area (Å²) in [6, 6.07) is 5.28. The first-order chi connectivity index (χ1) is 10.4. The predicted octanol–water partition coefficient (Wildman–Crippen LogP) is 0.133. The number of amides is 1. The van der Waals surface area contributed by atoms with Crippen LogP contribution in [0.4, 0.5) is 4.39 Å². The predicted molar refractivity (Wildman–Crippen MR) is 81.6 cm³/mol. The van der Waals surface area contributed by atoms with Gasteiger partial charge in [-0.15, -0.1) is 0 Å². The molecule has 1 aliphatic rings. The number of halogens is 1. The molecule has 0 aromatic heterocycles. The topological polar surface area (TPSA) is 69.7 Å². The fourth-order valence-corrected chi connectivity index (χ4v) is 3.56. The minimum atomic E-state index is -3.37. The second-order valence-corrected chi connectivity index (χ2v) is 7.37. The van der Waals surface area contributed by atoms with Crippen LogP contribution in [-0.2, 0) is 10.0 Å². The van der Waals surface area contributed by atoms with Crippen LogP contribution in [0.25, 0.3) is 0 Å². The van der Waals surface area contributed by atoms with Crippen LogP contribution < -0.4 is 5.32 Å². The SMILES string of the molecule is CN1CCN(S(=O)(=O)CCNC(=O)c2cccc(F)c2)CC1. The summed E-state index contributed by atoms with van der Waals surface area (Å²) in [5.41, 5.74) is 0.178. The highest BCUT2D eigenvalue weighted by atomic mass is 32.2. The van der Waals surface area contributed by atoms with E-state index in [0.29, 0.717) is 26.2 Å². The number of hydrogen-bond donors (Lipinski definition) is 1. The van der Waals surface area contributed by atoms with Crippen LogP contribution in [0.1, 0.15) is 10.4 Å². The zero-order valence-corrected chi connectivity index (χ0v) is 13.3. The fourth-order valence-electron chi connectivity index (χ4n) is 2.22. The lowest BCUT2D eigenvalue weighted by Crippen LogP contribution is -2.48. The Bertz CT molecular complexity index is 628. The third-order valence-corrected chi connectivity index (χ3v) is 5.46. The molecule has 0 bridgehead atoms. The normalized spacial score (nSPS) is 17.4. The van der Waals surface area contributed by atoms with Crippen molar-refractivity contribution in [1.29, 1.82) is 0 Å².